The molecule has 0 N–H and O–H groups in total. The van der Waals surface area contributed by atoms with Crippen LogP contribution in [0.2, 0.25) is 0 Å². The Hall–Kier alpha value is 0.410. The molecule has 2 aliphatic carbocycles. The van der Waals surface area contributed by atoms with Gasteiger partial charge in [-0.25, -0.2) is 23.3 Å². The Morgan fingerprint density at radius 3 is 1.88 bits per heavy atom. The molecule has 0 aromatic carbocycles. The molecular weight excluding hydrogens is 418 g/mol. The normalized spacial score (nSPS) is 19.5. The molecule has 2 rings (SSSR count). The topological polar surface area (TPSA) is 0 Å². The second-order valence-electron chi connectivity index (χ2n) is 3.96. The van der Waals surface area contributed by atoms with Crippen molar-refractivity contribution >= 4 is 0 Å². The smallest absolute Gasteiger partial charge is 1.00 e. The molecule has 0 nitrogen and oxygen atoms in total. The van der Waals surface area contributed by atoms with E-state index in [0.29, 0.717) is 5.92 Å². The molecule has 2 aliphatic rings. The maximum Gasteiger partial charge on any atom is 4.00 e. The Morgan fingerprint density at radius 2 is 1.76 bits per heavy atom. The molecule has 0 bridgehead atoms. The molecule has 0 heterocycles. The van der Waals surface area contributed by atoms with Crippen LogP contribution in [0.1, 0.15) is 34.1 Å². The zero-order chi connectivity index (χ0) is 10.6. The van der Waals surface area contributed by atoms with Gasteiger partial charge in [-0.15, -0.1) is 13.3 Å². The second kappa shape index (κ2) is 11.5. The van der Waals surface area contributed by atoms with Gasteiger partial charge in [-0.05, 0) is 0 Å². The third kappa shape index (κ3) is 9.04. The van der Waals surface area contributed by atoms with Gasteiger partial charge in [0.15, 0.2) is 0 Å². The number of rotatable bonds is 0. The van der Waals surface area contributed by atoms with Crippen LogP contribution in [0.4, 0.5) is 0 Å². The van der Waals surface area contributed by atoms with E-state index in [-0.39, 0.29) is 50.7 Å². The molecule has 0 saturated heterocycles. The van der Waals surface area contributed by atoms with E-state index < -0.39 is 0 Å². The molecule has 0 aromatic rings. The predicted molar refractivity (Wildman–Crippen MR) is 61.5 cm³/mol. The van der Waals surface area contributed by atoms with Crippen molar-refractivity contribution < 1.29 is 50.7 Å². The Morgan fingerprint density at radius 1 is 1.18 bits per heavy atom. The van der Waals surface area contributed by atoms with E-state index in [1.54, 1.807) is 0 Å². The molecule has 1 unspecified atom stereocenters. The van der Waals surface area contributed by atoms with Crippen LogP contribution in [-0.4, -0.2) is 0 Å². The summed E-state index contributed by atoms with van der Waals surface area (Å²) in [6.07, 6.45) is 13.7. The summed E-state index contributed by atoms with van der Waals surface area (Å²) in [5.74, 6) is 0.556. The third-order valence-electron chi connectivity index (χ3n) is 2.45. The number of hydrogen-bond acceptors (Lipinski definition) is 0. The van der Waals surface area contributed by atoms with Crippen LogP contribution in [0.3, 0.4) is 0 Å². The summed E-state index contributed by atoms with van der Waals surface area (Å²) in [5, 5.41) is 0. The molecule has 3 heteroatoms. The zero-order valence-electron chi connectivity index (χ0n) is 10.8. The SMILES string of the molecule is CC1=C(C)C[C-]=C1.CC1=[C-]C(C)C=C1.[Cl-].[Cl-].[Hf+4]. The fraction of sp³-hybridized carbons (Fsp3) is 0.429. The van der Waals surface area contributed by atoms with Crippen LogP contribution in [0.5, 0.6) is 0 Å². The summed E-state index contributed by atoms with van der Waals surface area (Å²) in [4.78, 5) is 0. The van der Waals surface area contributed by atoms with Crippen molar-refractivity contribution in [1.82, 2.24) is 0 Å². The first-order valence-electron chi connectivity index (χ1n) is 5.11. The molecule has 0 amide bonds. The number of allylic oxidation sites excluding steroid dienone is 8. The minimum absolute atomic E-state index is 0. The van der Waals surface area contributed by atoms with Crippen molar-refractivity contribution in [3.05, 3.63) is 47.1 Å². The summed E-state index contributed by atoms with van der Waals surface area (Å²) in [7, 11) is 0. The summed E-state index contributed by atoms with van der Waals surface area (Å²) in [6.45, 7) is 8.47. The van der Waals surface area contributed by atoms with Gasteiger partial charge >= 0.3 is 25.8 Å². The first kappa shape index (κ1) is 22.6. The van der Waals surface area contributed by atoms with Crippen LogP contribution >= 0.6 is 0 Å². The van der Waals surface area contributed by atoms with Gasteiger partial charge in [0.05, 0.1) is 0 Å². The van der Waals surface area contributed by atoms with E-state index in [9.17, 15) is 0 Å². The van der Waals surface area contributed by atoms with Gasteiger partial charge in [-0.3, -0.25) is 12.2 Å². The van der Waals surface area contributed by atoms with Gasteiger partial charge in [0.1, 0.15) is 0 Å². The molecule has 0 spiro atoms. The third-order valence-corrected chi connectivity index (χ3v) is 2.45. The van der Waals surface area contributed by atoms with Crippen molar-refractivity contribution in [2.75, 3.05) is 0 Å². The Labute approximate surface area is 137 Å². The van der Waals surface area contributed by atoms with E-state index in [1.165, 1.54) is 16.7 Å². The second-order valence-corrected chi connectivity index (χ2v) is 3.96. The van der Waals surface area contributed by atoms with Crippen molar-refractivity contribution in [2.24, 2.45) is 5.92 Å². The van der Waals surface area contributed by atoms with Crippen molar-refractivity contribution in [2.45, 2.75) is 34.1 Å². The van der Waals surface area contributed by atoms with Crippen LogP contribution in [-0.2, 0) is 25.8 Å². The summed E-state index contributed by atoms with van der Waals surface area (Å²) >= 11 is 0. The monoisotopic (exact) mass is 436 g/mol. The first-order chi connectivity index (χ1) is 6.59. The summed E-state index contributed by atoms with van der Waals surface area (Å²) < 4.78 is 0. The molecule has 1 atom stereocenters. The molecule has 0 aromatic heterocycles. The van der Waals surface area contributed by atoms with E-state index in [0.717, 1.165) is 6.42 Å². The Bertz CT molecular complexity index is 325. The van der Waals surface area contributed by atoms with Gasteiger partial charge in [0.2, 0.25) is 0 Å². The molecule has 17 heavy (non-hydrogen) atoms. The number of halogens is 2. The summed E-state index contributed by atoms with van der Waals surface area (Å²) in [5.41, 5.74) is 4.12. The van der Waals surface area contributed by atoms with Crippen molar-refractivity contribution in [1.29, 1.82) is 0 Å². The average molecular weight is 436 g/mol. The average Bonchev–Trinajstić information content (AvgIpc) is 2.65. The predicted octanol–water partition coefficient (Wildman–Crippen LogP) is -1.97. The van der Waals surface area contributed by atoms with Crippen molar-refractivity contribution in [3.63, 3.8) is 0 Å². The van der Waals surface area contributed by atoms with Crippen LogP contribution in [0.15, 0.2) is 34.9 Å². The van der Waals surface area contributed by atoms with Crippen molar-refractivity contribution in [3.8, 4) is 0 Å². The van der Waals surface area contributed by atoms with Gasteiger partial charge in [-0.1, -0.05) is 26.7 Å². The van der Waals surface area contributed by atoms with Gasteiger partial charge in [-0.2, -0.15) is 11.6 Å². The molecule has 0 radical (unpaired) electrons. The quantitative estimate of drug-likeness (QED) is 0.306. The van der Waals surface area contributed by atoms with Gasteiger partial charge < -0.3 is 24.8 Å². The van der Waals surface area contributed by atoms with Crippen LogP contribution in [0, 0.1) is 18.1 Å². The fourth-order valence-electron chi connectivity index (χ4n) is 1.36. The van der Waals surface area contributed by atoms with Crippen LogP contribution < -0.4 is 24.8 Å². The molecule has 0 saturated carbocycles. The summed E-state index contributed by atoms with van der Waals surface area (Å²) in [6, 6.07) is 0. The molecule has 0 aliphatic heterocycles. The Balaban J connectivity index is -0.000000196. The maximum atomic E-state index is 3.22. The minimum Gasteiger partial charge on any atom is -1.00 e. The fourth-order valence-corrected chi connectivity index (χ4v) is 1.36. The van der Waals surface area contributed by atoms with Gasteiger partial charge in [0.25, 0.3) is 0 Å². The largest absolute Gasteiger partial charge is 4.00 e. The van der Waals surface area contributed by atoms with E-state index in [4.69, 9.17) is 0 Å². The Kier molecular flexibility index (Phi) is 15.3. The molecule has 92 valence electrons. The minimum atomic E-state index is 0. The zero-order valence-corrected chi connectivity index (χ0v) is 15.9. The number of hydrogen-bond donors (Lipinski definition) is 0. The standard InChI is InChI=1S/2C7H9.2ClH.Hf/c1-6-3-4-7(2)5-6;1-6-4-3-5-7(6)2;;;/h3-4,6H,1-2H3;4H,5H2,1-2H3;2*1H;/q2*-1;;;+4/p-2. The van der Waals surface area contributed by atoms with E-state index in [1.807, 2.05) is 0 Å². The first-order valence-corrected chi connectivity index (χ1v) is 5.11. The van der Waals surface area contributed by atoms with E-state index in [2.05, 4.69) is 58.1 Å². The maximum absolute atomic E-state index is 3.22. The van der Waals surface area contributed by atoms with Gasteiger partial charge in [0, 0.05) is 0 Å². The molecular formula is C14H18Cl2Hf. The van der Waals surface area contributed by atoms with Crippen LogP contribution in [0.25, 0.3) is 0 Å². The van der Waals surface area contributed by atoms with E-state index >= 15 is 0 Å². The molecule has 0 fully saturated rings.